The maximum atomic E-state index is 12.2. The van der Waals surface area contributed by atoms with Crippen LogP contribution in [0.5, 0.6) is 11.5 Å². The van der Waals surface area contributed by atoms with Gasteiger partial charge in [0.25, 0.3) is 11.8 Å². The fraction of sp³-hybridized carbons (Fsp3) is 0.250. The van der Waals surface area contributed by atoms with Crippen LogP contribution in [-0.2, 0) is 9.53 Å². The number of carbonyl (C=O) groups excluding carboxylic acids is 3. The summed E-state index contributed by atoms with van der Waals surface area (Å²) < 4.78 is 16.4. The fourth-order valence-corrected chi connectivity index (χ4v) is 2.78. The van der Waals surface area contributed by atoms with Crippen LogP contribution in [0, 0.1) is 0 Å². The Bertz CT molecular complexity index is 873. The van der Waals surface area contributed by atoms with Gasteiger partial charge in [-0.25, -0.2) is 4.79 Å². The van der Waals surface area contributed by atoms with Gasteiger partial charge in [0.2, 0.25) is 0 Å². The Labute approximate surface area is 176 Å². The molecular weight excluding hydrogens is 444 g/mol. The minimum Gasteiger partial charge on any atom is -0.493 e. The molecule has 0 aliphatic heterocycles. The highest BCUT2D eigenvalue weighted by atomic mass is 79.9. The molecule has 0 saturated carbocycles. The molecule has 0 aliphatic carbocycles. The summed E-state index contributed by atoms with van der Waals surface area (Å²) >= 11 is 3.34. The summed E-state index contributed by atoms with van der Waals surface area (Å²) in [5.74, 6) is -1.06. The number of hydrogen-bond acceptors (Lipinski definition) is 6. The van der Waals surface area contributed by atoms with Crippen LogP contribution in [0.3, 0.4) is 0 Å². The molecule has 0 spiro atoms. The van der Waals surface area contributed by atoms with Gasteiger partial charge in [0.05, 0.1) is 23.8 Å². The molecule has 2 aromatic rings. The number of methoxy groups -OCH3 is 1. The quantitative estimate of drug-likeness (QED) is 0.459. The van der Waals surface area contributed by atoms with Crippen LogP contribution in [0.15, 0.2) is 46.9 Å². The summed E-state index contributed by atoms with van der Waals surface area (Å²) in [6.45, 7) is 1.90. The predicted octanol–water partition coefficient (Wildman–Crippen LogP) is 2.86. The lowest BCUT2D eigenvalue weighted by atomic mass is 10.2. The van der Waals surface area contributed by atoms with E-state index in [1.165, 1.54) is 19.2 Å². The molecule has 2 N–H and O–H groups in total. The number of ether oxygens (including phenoxy) is 3. The van der Waals surface area contributed by atoms with Gasteiger partial charge in [-0.3, -0.25) is 20.4 Å². The molecule has 0 radical (unpaired) electrons. The maximum absolute atomic E-state index is 12.2. The fourth-order valence-electron chi connectivity index (χ4n) is 2.22. The van der Waals surface area contributed by atoms with Gasteiger partial charge in [-0.15, -0.1) is 0 Å². The molecule has 2 rings (SSSR count). The van der Waals surface area contributed by atoms with Gasteiger partial charge in [0.15, 0.2) is 18.1 Å². The molecule has 2 amide bonds. The van der Waals surface area contributed by atoms with Gasteiger partial charge < -0.3 is 14.2 Å². The lowest BCUT2D eigenvalue weighted by Gasteiger charge is -2.14. The minimum absolute atomic E-state index is 0.179. The second-order valence-corrected chi connectivity index (χ2v) is 6.64. The Kier molecular flexibility index (Phi) is 8.47. The van der Waals surface area contributed by atoms with Crippen LogP contribution in [0.4, 0.5) is 0 Å². The van der Waals surface area contributed by atoms with E-state index in [1.807, 2.05) is 6.92 Å². The number of benzene rings is 2. The SMILES string of the molecule is CCCOc1c(Br)cc(C(=O)OCC(=O)NNC(=O)c2ccccc2)cc1OC. The molecule has 0 aromatic heterocycles. The highest BCUT2D eigenvalue weighted by Gasteiger charge is 2.17. The van der Waals surface area contributed by atoms with E-state index in [0.29, 0.717) is 28.1 Å². The van der Waals surface area contributed by atoms with Crippen molar-refractivity contribution >= 4 is 33.7 Å². The summed E-state index contributed by atoms with van der Waals surface area (Å²) in [5.41, 5.74) is 4.99. The number of carbonyl (C=O) groups is 3. The van der Waals surface area contributed by atoms with Crippen LogP contribution in [0.2, 0.25) is 0 Å². The van der Waals surface area contributed by atoms with Crippen molar-refractivity contribution in [1.82, 2.24) is 10.9 Å². The van der Waals surface area contributed by atoms with E-state index >= 15 is 0 Å². The first-order valence-electron chi connectivity index (χ1n) is 8.78. The number of esters is 1. The van der Waals surface area contributed by atoms with Crippen molar-refractivity contribution in [2.75, 3.05) is 20.3 Å². The van der Waals surface area contributed by atoms with E-state index in [4.69, 9.17) is 14.2 Å². The van der Waals surface area contributed by atoms with Gasteiger partial charge in [-0.2, -0.15) is 0 Å². The molecule has 0 unspecified atom stereocenters. The third kappa shape index (κ3) is 6.49. The third-order valence-electron chi connectivity index (χ3n) is 3.60. The lowest BCUT2D eigenvalue weighted by molar-refractivity contribution is -0.125. The standard InChI is InChI=1S/C20H21BrN2O6/c1-3-9-28-18-15(21)10-14(11-16(18)27-2)20(26)29-12-17(24)22-23-19(25)13-7-5-4-6-8-13/h4-8,10-11H,3,9,12H2,1-2H3,(H,22,24)(H,23,25). The molecule has 0 bridgehead atoms. The molecule has 2 aromatic carbocycles. The molecule has 0 atom stereocenters. The highest BCUT2D eigenvalue weighted by Crippen LogP contribution is 2.36. The lowest BCUT2D eigenvalue weighted by Crippen LogP contribution is -2.43. The van der Waals surface area contributed by atoms with Crippen molar-refractivity contribution in [3.05, 3.63) is 58.1 Å². The minimum atomic E-state index is -0.726. The number of nitrogens with one attached hydrogen (secondary N) is 2. The summed E-state index contributed by atoms with van der Waals surface area (Å²) in [5, 5.41) is 0. The second kappa shape index (κ2) is 11.1. The molecule has 0 aliphatic rings. The van der Waals surface area contributed by atoms with Gasteiger partial charge in [0.1, 0.15) is 0 Å². The van der Waals surface area contributed by atoms with Crippen LogP contribution >= 0.6 is 15.9 Å². The van der Waals surface area contributed by atoms with E-state index in [1.54, 1.807) is 30.3 Å². The second-order valence-electron chi connectivity index (χ2n) is 5.78. The normalized spacial score (nSPS) is 10.0. The Hall–Kier alpha value is -3.07. The molecule has 0 saturated heterocycles. The van der Waals surface area contributed by atoms with Gasteiger partial charge >= 0.3 is 5.97 Å². The Balaban J connectivity index is 1.90. The molecule has 0 heterocycles. The molecular formula is C20H21BrN2O6. The van der Waals surface area contributed by atoms with Crippen molar-refractivity contribution in [2.24, 2.45) is 0 Å². The number of hydrazine groups is 1. The summed E-state index contributed by atoms with van der Waals surface area (Å²) in [7, 11) is 1.46. The van der Waals surface area contributed by atoms with Crippen LogP contribution in [-0.4, -0.2) is 38.1 Å². The molecule has 8 nitrogen and oxygen atoms in total. The zero-order chi connectivity index (χ0) is 21.2. The Morgan fingerprint density at radius 3 is 2.41 bits per heavy atom. The van der Waals surface area contributed by atoms with Crippen molar-refractivity contribution in [2.45, 2.75) is 13.3 Å². The predicted molar refractivity (Wildman–Crippen MR) is 109 cm³/mol. The van der Waals surface area contributed by atoms with Crippen molar-refractivity contribution < 1.29 is 28.6 Å². The summed E-state index contributed by atoms with van der Waals surface area (Å²) in [6.07, 6.45) is 0.815. The van der Waals surface area contributed by atoms with Gasteiger partial charge in [-0.05, 0) is 46.6 Å². The zero-order valence-corrected chi connectivity index (χ0v) is 17.6. The summed E-state index contributed by atoms with van der Waals surface area (Å²) in [6, 6.07) is 11.3. The van der Waals surface area contributed by atoms with E-state index in [9.17, 15) is 14.4 Å². The van der Waals surface area contributed by atoms with E-state index in [0.717, 1.165) is 6.42 Å². The number of rotatable bonds is 8. The highest BCUT2D eigenvalue weighted by molar-refractivity contribution is 9.10. The average Bonchev–Trinajstić information content (AvgIpc) is 2.74. The number of halogens is 1. The van der Waals surface area contributed by atoms with Crippen molar-refractivity contribution in [3.8, 4) is 11.5 Å². The van der Waals surface area contributed by atoms with Crippen molar-refractivity contribution in [3.63, 3.8) is 0 Å². The maximum Gasteiger partial charge on any atom is 0.338 e. The number of amides is 2. The smallest absolute Gasteiger partial charge is 0.338 e. The first-order valence-corrected chi connectivity index (χ1v) is 9.57. The van der Waals surface area contributed by atoms with E-state index < -0.39 is 24.4 Å². The van der Waals surface area contributed by atoms with Gasteiger partial charge in [-0.1, -0.05) is 25.1 Å². The molecule has 154 valence electrons. The number of hydrogen-bond donors (Lipinski definition) is 2. The third-order valence-corrected chi connectivity index (χ3v) is 4.19. The zero-order valence-electron chi connectivity index (χ0n) is 16.0. The van der Waals surface area contributed by atoms with E-state index in [2.05, 4.69) is 26.8 Å². The monoisotopic (exact) mass is 464 g/mol. The molecule has 9 heteroatoms. The van der Waals surface area contributed by atoms with Crippen molar-refractivity contribution in [1.29, 1.82) is 0 Å². The van der Waals surface area contributed by atoms with Crippen LogP contribution in [0.1, 0.15) is 34.1 Å². The van der Waals surface area contributed by atoms with Gasteiger partial charge in [0, 0.05) is 5.56 Å². The first kappa shape index (κ1) is 22.2. The largest absolute Gasteiger partial charge is 0.493 e. The van der Waals surface area contributed by atoms with Crippen LogP contribution < -0.4 is 20.3 Å². The average molecular weight is 465 g/mol. The molecule has 29 heavy (non-hydrogen) atoms. The summed E-state index contributed by atoms with van der Waals surface area (Å²) in [4.78, 5) is 35.9. The van der Waals surface area contributed by atoms with Crippen LogP contribution in [0.25, 0.3) is 0 Å². The Morgan fingerprint density at radius 2 is 1.76 bits per heavy atom. The van der Waals surface area contributed by atoms with E-state index in [-0.39, 0.29) is 5.56 Å². The topological polar surface area (TPSA) is 103 Å². The first-order chi connectivity index (χ1) is 14.0. The Morgan fingerprint density at radius 1 is 1.03 bits per heavy atom. The molecule has 0 fully saturated rings.